The lowest BCUT2D eigenvalue weighted by Gasteiger charge is -2.24. The summed E-state index contributed by atoms with van der Waals surface area (Å²) in [6.45, 7) is 10.4. The van der Waals surface area contributed by atoms with E-state index in [4.69, 9.17) is 0 Å². The summed E-state index contributed by atoms with van der Waals surface area (Å²) in [5.74, 6) is 1.25. The highest BCUT2D eigenvalue weighted by molar-refractivity contribution is 6.01. The molecule has 0 bridgehead atoms. The molecule has 0 saturated carbocycles. The first-order valence-electron chi connectivity index (χ1n) is 9.31. The van der Waals surface area contributed by atoms with Crippen molar-refractivity contribution in [1.29, 1.82) is 0 Å². The van der Waals surface area contributed by atoms with Crippen LogP contribution in [0.1, 0.15) is 23.1 Å². The van der Waals surface area contributed by atoms with Crippen molar-refractivity contribution in [3.8, 4) is 0 Å². The molecule has 25 heavy (non-hydrogen) atoms. The maximum absolute atomic E-state index is 13.0. The maximum atomic E-state index is 13.0. The van der Waals surface area contributed by atoms with Crippen LogP contribution in [-0.2, 0) is 9.59 Å². The summed E-state index contributed by atoms with van der Waals surface area (Å²) >= 11 is 0. The van der Waals surface area contributed by atoms with Crippen LogP contribution in [0.2, 0.25) is 0 Å². The van der Waals surface area contributed by atoms with Crippen molar-refractivity contribution in [2.45, 2.75) is 27.2 Å². The van der Waals surface area contributed by atoms with Gasteiger partial charge in [0, 0.05) is 44.8 Å². The quantitative estimate of drug-likeness (QED) is 0.890. The van der Waals surface area contributed by atoms with Gasteiger partial charge < -0.3 is 15.1 Å². The minimum atomic E-state index is -0.195. The summed E-state index contributed by atoms with van der Waals surface area (Å²) in [6, 6.07) is 4.22. The number of carbonyl (C=O) groups is 2. The van der Waals surface area contributed by atoms with Crippen LogP contribution in [0.25, 0.3) is 0 Å². The number of nitrogens with one attached hydrogen (secondary N) is 1. The second-order valence-corrected chi connectivity index (χ2v) is 8.07. The van der Waals surface area contributed by atoms with Crippen molar-refractivity contribution in [3.05, 3.63) is 28.8 Å². The predicted octanol–water partition coefficient (Wildman–Crippen LogP) is 1.64. The van der Waals surface area contributed by atoms with E-state index in [1.54, 1.807) is 0 Å². The van der Waals surface area contributed by atoms with Gasteiger partial charge in [-0.25, -0.2) is 0 Å². The first kappa shape index (κ1) is 16.6. The standard InChI is InChI=1S/C20H27N3O2/c1-12-4-13(2)19(14(3)5-12)23-11-15(6-18(23)24)20(25)22-9-16-7-21-8-17(16)10-22/h4-5,15-17,21H,6-11H2,1-3H3/t15?,16-,17+. The number of benzene rings is 1. The van der Waals surface area contributed by atoms with Crippen LogP contribution >= 0.6 is 0 Å². The van der Waals surface area contributed by atoms with Crippen molar-refractivity contribution in [2.24, 2.45) is 17.8 Å². The van der Waals surface area contributed by atoms with Gasteiger partial charge in [0.25, 0.3) is 0 Å². The monoisotopic (exact) mass is 341 g/mol. The Morgan fingerprint density at radius 1 is 1.04 bits per heavy atom. The van der Waals surface area contributed by atoms with Gasteiger partial charge in [-0.15, -0.1) is 0 Å². The van der Waals surface area contributed by atoms with E-state index < -0.39 is 0 Å². The fraction of sp³-hybridized carbons (Fsp3) is 0.600. The number of anilines is 1. The average Bonchev–Trinajstić information content (AvgIpc) is 3.20. The van der Waals surface area contributed by atoms with Crippen LogP contribution in [0.4, 0.5) is 5.69 Å². The molecule has 0 radical (unpaired) electrons. The number of rotatable bonds is 2. The Morgan fingerprint density at radius 3 is 2.24 bits per heavy atom. The molecule has 1 unspecified atom stereocenters. The lowest BCUT2D eigenvalue weighted by Crippen LogP contribution is -2.37. The molecular formula is C20H27N3O2. The number of carbonyl (C=O) groups excluding carboxylic acids is 2. The highest BCUT2D eigenvalue weighted by atomic mass is 16.2. The number of aryl methyl sites for hydroxylation is 3. The molecule has 3 atom stereocenters. The number of nitrogens with zero attached hydrogens (tertiary/aromatic N) is 2. The average molecular weight is 341 g/mol. The largest absolute Gasteiger partial charge is 0.342 e. The summed E-state index contributed by atoms with van der Waals surface area (Å²) in [6.07, 6.45) is 0.343. The van der Waals surface area contributed by atoms with E-state index in [-0.39, 0.29) is 17.7 Å². The van der Waals surface area contributed by atoms with Crippen molar-refractivity contribution >= 4 is 17.5 Å². The minimum Gasteiger partial charge on any atom is -0.342 e. The Kier molecular flexibility index (Phi) is 4.07. The summed E-state index contributed by atoms with van der Waals surface area (Å²) in [7, 11) is 0. The van der Waals surface area contributed by atoms with Crippen LogP contribution in [0, 0.1) is 38.5 Å². The van der Waals surface area contributed by atoms with Gasteiger partial charge in [0.2, 0.25) is 11.8 Å². The molecular weight excluding hydrogens is 314 g/mol. The topological polar surface area (TPSA) is 52.7 Å². The van der Waals surface area contributed by atoms with Crippen LogP contribution in [0.3, 0.4) is 0 Å². The second kappa shape index (κ2) is 6.13. The molecule has 0 spiro atoms. The third kappa shape index (κ3) is 2.84. The molecule has 1 aromatic rings. The number of fused-ring (bicyclic) bond motifs is 1. The van der Waals surface area contributed by atoms with Crippen LogP contribution in [0.15, 0.2) is 12.1 Å². The molecule has 3 saturated heterocycles. The molecule has 2 amide bonds. The van der Waals surface area contributed by atoms with Crippen LogP contribution < -0.4 is 10.2 Å². The fourth-order valence-corrected chi connectivity index (χ4v) is 4.98. The van der Waals surface area contributed by atoms with E-state index in [2.05, 4.69) is 24.4 Å². The summed E-state index contributed by atoms with van der Waals surface area (Å²) in [5.41, 5.74) is 4.42. The van der Waals surface area contributed by atoms with Gasteiger partial charge in [-0.05, 0) is 43.7 Å². The number of likely N-dealkylation sites (tertiary alicyclic amines) is 1. The van der Waals surface area contributed by atoms with Crippen molar-refractivity contribution in [1.82, 2.24) is 10.2 Å². The number of amides is 2. The Balaban J connectivity index is 1.50. The summed E-state index contributed by atoms with van der Waals surface area (Å²) in [4.78, 5) is 29.4. The van der Waals surface area contributed by atoms with Gasteiger partial charge in [-0.2, -0.15) is 0 Å². The van der Waals surface area contributed by atoms with Gasteiger partial charge in [-0.1, -0.05) is 17.7 Å². The first-order valence-corrected chi connectivity index (χ1v) is 9.31. The van der Waals surface area contributed by atoms with Crippen LogP contribution in [0.5, 0.6) is 0 Å². The molecule has 1 N–H and O–H groups in total. The normalized spacial score (nSPS) is 28.8. The molecule has 5 heteroatoms. The van der Waals surface area contributed by atoms with Gasteiger partial charge >= 0.3 is 0 Å². The molecule has 0 aromatic heterocycles. The first-order chi connectivity index (χ1) is 11.9. The van der Waals surface area contributed by atoms with Gasteiger partial charge in [0.15, 0.2) is 0 Å². The minimum absolute atomic E-state index is 0.0782. The van der Waals surface area contributed by atoms with E-state index in [1.807, 2.05) is 23.6 Å². The summed E-state index contributed by atoms with van der Waals surface area (Å²) in [5, 5.41) is 3.41. The number of hydrogen-bond donors (Lipinski definition) is 1. The van der Waals surface area contributed by atoms with E-state index in [9.17, 15) is 9.59 Å². The van der Waals surface area contributed by atoms with Crippen LogP contribution in [-0.4, -0.2) is 49.4 Å². The maximum Gasteiger partial charge on any atom is 0.228 e. The molecule has 134 valence electrons. The molecule has 5 nitrogen and oxygen atoms in total. The molecule has 3 fully saturated rings. The van der Waals surface area contributed by atoms with Gasteiger partial charge in [-0.3, -0.25) is 9.59 Å². The Morgan fingerprint density at radius 2 is 1.64 bits per heavy atom. The third-order valence-corrected chi connectivity index (χ3v) is 6.08. The Hall–Kier alpha value is -1.88. The van der Waals surface area contributed by atoms with Gasteiger partial charge in [0.05, 0.1) is 5.92 Å². The fourth-order valence-electron chi connectivity index (χ4n) is 4.98. The molecule has 3 aliphatic rings. The van der Waals surface area contributed by atoms with E-state index >= 15 is 0 Å². The Labute approximate surface area is 149 Å². The molecule has 0 aliphatic carbocycles. The molecule has 3 aliphatic heterocycles. The molecule has 3 heterocycles. The summed E-state index contributed by atoms with van der Waals surface area (Å²) < 4.78 is 0. The van der Waals surface area contributed by atoms with E-state index in [0.717, 1.165) is 43.0 Å². The third-order valence-electron chi connectivity index (χ3n) is 6.08. The highest BCUT2D eigenvalue weighted by Gasteiger charge is 2.43. The molecule has 4 rings (SSSR count). The lowest BCUT2D eigenvalue weighted by atomic mass is 10.0. The zero-order valence-electron chi connectivity index (χ0n) is 15.3. The SMILES string of the molecule is Cc1cc(C)c(N2CC(C(=O)N3C[C@H]4CNC[C@H]4C3)CC2=O)c(C)c1. The van der Waals surface area contributed by atoms with E-state index in [0.29, 0.717) is 24.8 Å². The van der Waals surface area contributed by atoms with Crippen molar-refractivity contribution < 1.29 is 9.59 Å². The highest BCUT2D eigenvalue weighted by Crippen LogP contribution is 2.34. The lowest BCUT2D eigenvalue weighted by molar-refractivity contribution is -0.135. The number of hydrogen-bond acceptors (Lipinski definition) is 3. The Bertz CT molecular complexity index is 695. The second-order valence-electron chi connectivity index (χ2n) is 8.07. The van der Waals surface area contributed by atoms with Crippen molar-refractivity contribution in [3.63, 3.8) is 0 Å². The van der Waals surface area contributed by atoms with Crippen molar-refractivity contribution in [2.75, 3.05) is 37.6 Å². The smallest absolute Gasteiger partial charge is 0.228 e. The predicted molar refractivity (Wildman–Crippen MR) is 97.5 cm³/mol. The zero-order chi connectivity index (χ0) is 17.7. The van der Waals surface area contributed by atoms with Gasteiger partial charge in [0.1, 0.15) is 0 Å². The molecule has 1 aromatic carbocycles. The van der Waals surface area contributed by atoms with E-state index in [1.165, 1.54) is 5.56 Å². The zero-order valence-corrected chi connectivity index (χ0v) is 15.3.